The highest BCUT2D eigenvalue weighted by Crippen LogP contribution is 2.19. The Balaban J connectivity index is 1.60. The third kappa shape index (κ3) is 3.35. The Morgan fingerprint density at radius 1 is 0.929 bits per heavy atom. The van der Waals surface area contributed by atoms with Crippen LogP contribution in [0.1, 0.15) is 26.3 Å². The Kier molecular flexibility index (Phi) is 4.60. The van der Waals surface area contributed by atoms with E-state index in [1.54, 1.807) is 67.0 Å². The molecule has 0 bridgehead atoms. The molecule has 0 saturated carbocycles. The van der Waals surface area contributed by atoms with Gasteiger partial charge in [0.1, 0.15) is 0 Å². The highest BCUT2D eigenvalue weighted by atomic mass is 16.7. The van der Waals surface area contributed by atoms with Crippen molar-refractivity contribution in [1.82, 2.24) is 15.0 Å². The van der Waals surface area contributed by atoms with Crippen LogP contribution in [0.2, 0.25) is 0 Å². The van der Waals surface area contributed by atoms with Crippen molar-refractivity contribution in [2.24, 2.45) is 7.05 Å². The number of ketones is 1. The SMILES string of the molecule is Cn1cnc2cc(C(=O)c3ccccc3C(=O)NOc3ccccc3)ccc21. The Labute approximate surface area is 161 Å². The molecule has 0 aliphatic heterocycles. The standard InChI is InChI=1S/C22H17N3O3/c1-25-14-23-19-13-15(11-12-20(19)25)21(26)17-9-5-6-10-18(17)22(27)24-28-16-7-3-2-4-8-16/h2-14H,1H3,(H,24,27). The molecule has 6 nitrogen and oxygen atoms in total. The highest BCUT2D eigenvalue weighted by molar-refractivity contribution is 6.15. The summed E-state index contributed by atoms with van der Waals surface area (Å²) >= 11 is 0. The van der Waals surface area contributed by atoms with Crippen LogP contribution in [0.3, 0.4) is 0 Å². The molecule has 0 radical (unpaired) electrons. The van der Waals surface area contributed by atoms with Crippen LogP contribution >= 0.6 is 0 Å². The molecular formula is C22H17N3O3. The maximum absolute atomic E-state index is 13.0. The van der Waals surface area contributed by atoms with Crippen LogP contribution < -0.4 is 10.3 Å². The molecule has 138 valence electrons. The van der Waals surface area contributed by atoms with E-state index in [0.29, 0.717) is 16.9 Å². The van der Waals surface area contributed by atoms with Crippen molar-refractivity contribution < 1.29 is 14.4 Å². The fraction of sp³-hybridized carbons (Fsp3) is 0.0455. The monoisotopic (exact) mass is 371 g/mol. The van der Waals surface area contributed by atoms with E-state index < -0.39 is 5.91 Å². The Morgan fingerprint density at radius 3 is 2.43 bits per heavy atom. The number of amides is 1. The van der Waals surface area contributed by atoms with Crippen molar-refractivity contribution >= 4 is 22.7 Å². The fourth-order valence-corrected chi connectivity index (χ4v) is 2.96. The largest absolute Gasteiger partial charge is 0.379 e. The maximum Gasteiger partial charge on any atom is 0.284 e. The van der Waals surface area contributed by atoms with E-state index in [-0.39, 0.29) is 11.3 Å². The van der Waals surface area contributed by atoms with Gasteiger partial charge in [-0.05, 0) is 36.4 Å². The van der Waals surface area contributed by atoms with E-state index in [2.05, 4.69) is 10.5 Å². The molecule has 0 aliphatic carbocycles. The van der Waals surface area contributed by atoms with E-state index >= 15 is 0 Å². The third-order valence-electron chi connectivity index (χ3n) is 4.41. The molecule has 6 heteroatoms. The molecule has 0 fully saturated rings. The number of fused-ring (bicyclic) bond motifs is 1. The van der Waals surface area contributed by atoms with Gasteiger partial charge in [-0.25, -0.2) is 4.98 Å². The average Bonchev–Trinajstić information content (AvgIpc) is 3.12. The van der Waals surface area contributed by atoms with Crippen molar-refractivity contribution in [2.45, 2.75) is 0 Å². The lowest BCUT2D eigenvalue weighted by Crippen LogP contribution is -2.28. The van der Waals surface area contributed by atoms with E-state index in [1.807, 2.05) is 23.7 Å². The number of benzene rings is 3. The zero-order chi connectivity index (χ0) is 19.5. The number of nitrogens with one attached hydrogen (secondary N) is 1. The number of aryl methyl sites for hydroxylation is 1. The first-order chi connectivity index (χ1) is 13.6. The first kappa shape index (κ1) is 17.5. The summed E-state index contributed by atoms with van der Waals surface area (Å²) in [6.45, 7) is 0. The molecule has 0 aliphatic rings. The van der Waals surface area contributed by atoms with Gasteiger partial charge in [-0.1, -0.05) is 36.4 Å². The van der Waals surface area contributed by atoms with Gasteiger partial charge in [0.25, 0.3) is 5.91 Å². The molecule has 0 atom stereocenters. The molecule has 1 heterocycles. The summed E-state index contributed by atoms with van der Waals surface area (Å²) in [5.74, 6) is -0.245. The van der Waals surface area contributed by atoms with Gasteiger partial charge < -0.3 is 9.40 Å². The predicted molar refractivity (Wildman–Crippen MR) is 105 cm³/mol. The van der Waals surface area contributed by atoms with Crippen molar-refractivity contribution in [3.8, 4) is 5.75 Å². The maximum atomic E-state index is 13.0. The van der Waals surface area contributed by atoms with Crippen molar-refractivity contribution in [3.05, 3.63) is 95.8 Å². The van der Waals surface area contributed by atoms with Crippen LogP contribution in [0.4, 0.5) is 0 Å². The lowest BCUT2D eigenvalue weighted by atomic mass is 9.98. The summed E-state index contributed by atoms with van der Waals surface area (Å²) in [4.78, 5) is 35.2. The van der Waals surface area contributed by atoms with E-state index in [4.69, 9.17) is 4.84 Å². The number of carbonyl (C=O) groups is 2. The summed E-state index contributed by atoms with van der Waals surface area (Å²) in [7, 11) is 1.89. The lowest BCUT2D eigenvalue weighted by molar-refractivity contribution is 0.0756. The highest BCUT2D eigenvalue weighted by Gasteiger charge is 2.19. The third-order valence-corrected chi connectivity index (χ3v) is 4.41. The van der Waals surface area contributed by atoms with Crippen molar-refractivity contribution in [1.29, 1.82) is 0 Å². The zero-order valence-corrected chi connectivity index (χ0v) is 15.1. The first-order valence-electron chi connectivity index (χ1n) is 8.70. The van der Waals surface area contributed by atoms with Gasteiger partial charge in [0.2, 0.25) is 0 Å². The minimum atomic E-state index is -0.494. The molecule has 0 saturated heterocycles. The topological polar surface area (TPSA) is 73.2 Å². The lowest BCUT2D eigenvalue weighted by Gasteiger charge is -2.10. The number of hydrogen-bond acceptors (Lipinski definition) is 4. The number of hydroxylamine groups is 1. The molecule has 1 N–H and O–H groups in total. The zero-order valence-electron chi connectivity index (χ0n) is 15.1. The molecule has 1 aromatic heterocycles. The van der Waals surface area contributed by atoms with E-state index in [0.717, 1.165) is 11.0 Å². The molecule has 4 aromatic rings. The Morgan fingerprint density at radius 2 is 1.64 bits per heavy atom. The quantitative estimate of drug-likeness (QED) is 0.430. The Hall–Kier alpha value is -3.93. The van der Waals surface area contributed by atoms with Crippen LogP contribution in [-0.4, -0.2) is 21.2 Å². The van der Waals surface area contributed by atoms with Gasteiger partial charge in [0.05, 0.1) is 22.9 Å². The summed E-state index contributed by atoms with van der Waals surface area (Å²) in [5.41, 5.74) is 5.05. The number of carbonyl (C=O) groups excluding carboxylic acids is 2. The summed E-state index contributed by atoms with van der Waals surface area (Å²) < 4.78 is 1.88. The average molecular weight is 371 g/mol. The van der Waals surface area contributed by atoms with Crippen LogP contribution in [0.15, 0.2) is 79.1 Å². The van der Waals surface area contributed by atoms with E-state index in [1.165, 1.54) is 0 Å². The number of rotatable bonds is 5. The van der Waals surface area contributed by atoms with Crippen LogP contribution in [0, 0.1) is 0 Å². The van der Waals surface area contributed by atoms with Gasteiger partial charge in [-0.15, -0.1) is 0 Å². The molecule has 1 amide bonds. The molecule has 4 rings (SSSR count). The fourth-order valence-electron chi connectivity index (χ4n) is 2.96. The Bertz CT molecular complexity index is 1170. The van der Waals surface area contributed by atoms with Crippen LogP contribution in [0.5, 0.6) is 5.75 Å². The number of nitrogens with zero attached hydrogens (tertiary/aromatic N) is 2. The van der Waals surface area contributed by atoms with Gasteiger partial charge in [-0.2, -0.15) is 5.48 Å². The van der Waals surface area contributed by atoms with Crippen LogP contribution in [-0.2, 0) is 7.05 Å². The van der Waals surface area contributed by atoms with Crippen LogP contribution in [0.25, 0.3) is 11.0 Å². The van der Waals surface area contributed by atoms with Gasteiger partial charge in [-0.3, -0.25) is 9.59 Å². The van der Waals surface area contributed by atoms with Crippen molar-refractivity contribution in [3.63, 3.8) is 0 Å². The summed E-state index contributed by atoms with van der Waals surface area (Å²) in [6.07, 6.45) is 1.70. The second kappa shape index (κ2) is 7.36. The second-order valence-corrected chi connectivity index (χ2v) is 6.28. The minimum Gasteiger partial charge on any atom is -0.379 e. The molecule has 28 heavy (non-hydrogen) atoms. The molecule has 0 spiro atoms. The van der Waals surface area contributed by atoms with Crippen molar-refractivity contribution in [2.75, 3.05) is 0 Å². The summed E-state index contributed by atoms with van der Waals surface area (Å²) in [6, 6.07) is 20.8. The molecule has 0 unspecified atom stereocenters. The second-order valence-electron chi connectivity index (χ2n) is 6.28. The minimum absolute atomic E-state index is 0.240. The number of aromatic nitrogens is 2. The number of hydrogen-bond donors (Lipinski definition) is 1. The normalized spacial score (nSPS) is 10.6. The smallest absolute Gasteiger partial charge is 0.284 e. The van der Waals surface area contributed by atoms with Gasteiger partial charge in [0.15, 0.2) is 11.5 Å². The number of imidazole rings is 1. The van der Waals surface area contributed by atoms with E-state index in [9.17, 15) is 9.59 Å². The predicted octanol–water partition coefficient (Wildman–Crippen LogP) is 3.53. The molecular weight excluding hydrogens is 354 g/mol. The first-order valence-corrected chi connectivity index (χ1v) is 8.70. The summed E-state index contributed by atoms with van der Waals surface area (Å²) in [5, 5.41) is 0. The molecule has 3 aromatic carbocycles. The number of para-hydroxylation sites is 1. The van der Waals surface area contributed by atoms with Gasteiger partial charge >= 0.3 is 0 Å². The van der Waals surface area contributed by atoms with Gasteiger partial charge in [0, 0.05) is 18.2 Å².